The summed E-state index contributed by atoms with van der Waals surface area (Å²) in [5.74, 6) is 0. The fourth-order valence-corrected chi connectivity index (χ4v) is 0.905. The highest BCUT2D eigenvalue weighted by Gasteiger charge is 1.98. The number of imidazole rings is 1. The second-order valence-corrected chi connectivity index (χ2v) is 2.27. The summed E-state index contributed by atoms with van der Waals surface area (Å²) in [4.78, 5) is 3.92. The third-order valence-corrected chi connectivity index (χ3v) is 1.74. The minimum absolute atomic E-state index is 0.562. The van der Waals surface area contributed by atoms with Crippen molar-refractivity contribution in [1.29, 1.82) is 0 Å². The minimum Gasteiger partial charge on any atom is -0.322 e. The standard InChI is InChI=1S/C6H9ClN2.C2H6/c1-3-5-4-8-6(7)9(5)2;1-2/h4H,3H2,1-2H3;1-2H3. The molecule has 1 heterocycles. The van der Waals surface area contributed by atoms with E-state index in [2.05, 4.69) is 11.9 Å². The molecule has 0 unspecified atom stereocenters. The van der Waals surface area contributed by atoms with Crippen LogP contribution in [0.25, 0.3) is 0 Å². The highest BCUT2D eigenvalue weighted by atomic mass is 35.5. The molecule has 0 aliphatic heterocycles. The molecule has 0 saturated carbocycles. The van der Waals surface area contributed by atoms with E-state index in [0.29, 0.717) is 5.28 Å². The molecule has 11 heavy (non-hydrogen) atoms. The highest BCUT2D eigenvalue weighted by molar-refractivity contribution is 6.28. The lowest BCUT2D eigenvalue weighted by atomic mass is 10.4. The molecule has 0 aliphatic carbocycles. The molecule has 0 amide bonds. The van der Waals surface area contributed by atoms with Crippen molar-refractivity contribution < 1.29 is 0 Å². The van der Waals surface area contributed by atoms with E-state index in [9.17, 15) is 0 Å². The lowest BCUT2D eigenvalue weighted by molar-refractivity contribution is 0.834. The molecule has 0 spiro atoms. The fourth-order valence-electron chi connectivity index (χ4n) is 0.748. The van der Waals surface area contributed by atoms with Crippen molar-refractivity contribution >= 4 is 11.6 Å². The van der Waals surface area contributed by atoms with Crippen LogP contribution >= 0.6 is 11.6 Å². The zero-order chi connectivity index (χ0) is 8.85. The first-order chi connectivity index (χ1) is 5.25. The van der Waals surface area contributed by atoms with Gasteiger partial charge >= 0.3 is 0 Å². The van der Waals surface area contributed by atoms with Gasteiger partial charge in [0, 0.05) is 18.9 Å². The summed E-state index contributed by atoms with van der Waals surface area (Å²) in [6.45, 7) is 6.08. The van der Waals surface area contributed by atoms with Gasteiger partial charge in [0.05, 0.1) is 0 Å². The largest absolute Gasteiger partial charge is 0.322 e. The Balaban J connectivity index is 0.000000461. The van der Waals surface area contributed by atoms with Gasteiger partial charge in [0.15, 0.2) is 0 Å². The van der Waals surface area contributed by atoms with Crippen LogP contribution < -0.4 is 0 Å². The third kappa shape index (κ3) is 2.54. The second-order valence-electron chi connectivity index (χ2n) is 1.93. The summed E-state index contributed by atoms with van der Waals surface area (Å²) in [6.07, 6.45) is 2.78. The number of rotatable bonds is 1. The quantitative estimate of drug-likeness (QED) is 0.640. The molecule has 0 aromatic carbocycles. The molecule has 0 bridgehead atoms. The van der Waals surface area contributed by atoms with Gasteiger partial charge in [-0.05, 0) is 18.0 Å². The maximum Gasteiger partial charge on any atom is 0.202 e. The summed E-state index contributed by atoms with van der Waals surface area (Å²) in [7, 11) is 1.91. The van der Waals surface area contributed by atoms with Crippen LogP contribution in [0, 0.1) is 0 Å². The van der Waals surface area contributed by atoms with Gasteiger partial charge in [-0.25, -0.2) is 4.98 Å². The topological polar surface area (TPSA) is 17.8 Å². The molecule has 64 valence electrons. The van der Waals surface area contributed by atoms with Crippen LogP contribution in [0.4, 0.5) is 0 Å². The Kier molecular flexibility index (Phi) is 4.95. The molecule has 1 aromatic rings. The van der Waals surface area contributed by atoms with Gasteiger partial charge in [-0.3, -0.25) is 0 Å². The summed E-state index contributed by atoms with van der Waals surface area (Å²) in [5.41, 5.74) is 1.17. The van der Waals surface area contributed by atoms with Gasteiger partial charge in [0.2, 0.25) is 5.28 Å². The number of nitrogens with zero attached hydrogens (tertiary/aromatic N) is 2. The van der Waals surface area contributed by atoms with Crippen molar-refractivity contribution in [3.63, 3.8) is 0 Å². The molecule has 0 aliphatic rings. The Hall–Kier alpha value is -0.500. The van der Waals surface area contributed by atoms with Crippen LogP contribution in [0.15, 0.2) is 6.20 Å². The van der Waals surface area contributed by atoms with Crippen molar-refractivity contribution in [3.05, 3.63) is 17.2 Å². The van der Waals surface area contributed by atoms with Crippen LogP contribution in [0.5, 0.6) is 0 Å². The van der Waals surface area contributed by atoms with Crippen LogP contribution in [-0.2, 0) is 13.5 Å². The van der Waals surface area contributed by atoms with Gasteiger partial charge in [-0.2, -0.15) is 0 Å². The molecular formula is C8H15ClN2. The first-order valence-corrected chi connectivity index (χ1v) is 4.29. The molecule has 1 rings (SSSR count). The minimum atomic E-state index is 0.562. The Morgan fingerprint density at radius 2 is 2.09 bits per heavy atom. The fraction of sp³-hybridized carbons (Fsp3) is 0.625. The van der Waals surface area contributed by atoms with E-state index in [1.54, 1.807) is 6.20 Å². The van der Waals surface area contributed by atoms with Crippen molar-refractivity contribution in [2.45, 2.75) is 27.2 Å². The first kappa shape index (κ1) is 10.5. The van der Waals surface area contributed by atoms with Crippen molar-refractivity contribution in [2.75, 3.05) is 0 Å². The molecule has 2 nitrogen and oxygen atoms in total. The zero-order valence-electron chi connectivity index (χ0n) is 7.56. The van der Waals surface area contributed by atoms with Crippen LogP contribution in [0.3, 0.4) is 0 Å². The van der Waals surface area contributed by atoms with E-state index in [4.69, 9.17) is 11.6 Å². The highest BCUT2D eigenvalue weighted by Crippen LogP contribution is 2.07. The Bertz CT molecular complexity index is 206. The van der Waals surface area contributed by atoms with Crippen molar-refractivity contribution in [3.8, 4) is 0 Å². The molecule has 0 fully saturated rings. The predicted octanol–water partition coefficient (Wildman–Crippen LogP) is 2.66. The summed E-state index contributed by atoms with van der Waals surface area (Å²) < 4.78 is 1.88. The molecule has 3 heteroatoms. The average Bonchev–Trinajstić information content (AvgIpc) is 2.37. The summed E-state index contributed by atoms with van der Waals surface area (Å²) in [5, 5.41) is 0.562. The van der Waals surface area contributed by atoms with Crippen LogP contribution in [0.1, 0.15) is 26.5 Å². The first-order valence-electron chi connectivity index (χ1n) is 3.91. The number of hydrogen-bond donors (Lipinski definition) is 0. The average molecular weight is 175 g/mol. The van der Waals surface area contributed by atoms with Gasteiger partial charge in [0.1, 0.15) is 0 Å². The monoisotopic (exact) mass is 174 g/mol. The smallest absolute Gasteiger partial charge is 0.202 e. The number of aromatic nitrogens is 2. The third-order valence-electron chi connectivity index (χ3n) is 1.39. The maximum absolute atomic E-state index is 5.66. The van der Waals surface area contributed by atoms with Gasteiger partial charge in [0.25, 0.3) is 0 Å². The Morgan fingerprint density at radius 3 is 2.27 bits per heavy atom. The molecule has 0 atom stereocenters. The van der Waals surface area contributed by atoms with Crippen LogP contribution in [-0.4, -0.2) is 9.55 Å². The Morgan fingerprint density at radius 1 is 1.55 bits per heavy atom. The molecule has 0 saturated heterocycles. The van der Waals surface area contributed by atoms with E-state index in [0.717, 1.165) is 6.42 Å². The van der Waals surface area contributed by atoms with E-state index >= 15 is 0 Å². The maximum atomic E-state index is 5.66. The van der Waals surface area contributed by atoms with E-state index < -0.39 is 0 Å². The van der Waals surface area contributed by atoms with Crippen LogP contribution in [0.2, 0.25) is 5.28 Å². The Labute approximate surface area is 73.2 Å². The predicted molar refractivity (Wildman–Crippen MR) is 48.9 cm³/mol. The molecule has 1 aromatic heterocycles. The van der Waals surface area contributed by atoms with Gasteiger partial charge in [-0.1, -0.05) is 20.8 Å². The molecule has 0 radical (unpaired) electrons. The molecule has 0 N–H and O–H groups in total. The number of aryl methyl sites for hydroxylation is 1. The lowest BCUT2D eigenvalue weighted by Crippen LogP contribution is -1.93. The lowest BCUT2D eigenvalue weighted by Gasteiger charge is -1.95. The summed E-state index contributed by atoms with van der Waals surface area (Å²) >= 11 is 5.66. The van der Waals surface area contributed by atoms with E-state index in [1.165, 1.54) is 5.69 Å². The SMILES string of the molecule is CC.CCc1cnc(Cl)n1C. The molecular weight excluding hydrogens is 160 g/mol. The number of halogens is 1. The van der Waals surface area contributed by atoms with Gasteiger partial charge < -0.3 is 4.57 Å². The number of hydrogen-bond acceptors (Lipinski definition) is 1. The van der Waals surface area contributed by atoms with Crippen molar-refractivity contribution in [2.24, 2.45) is 7.05 Å². The zero-order valence-corrected chi connectivity index (χ0v) is 8.31. The summed E-state index contributed by atoms with van der Waals surface area (Å²) in [6, 6.07) is 0. The van der Waals surface area contributed by atoms with E-state index in [1.807, 2.05) is 25.5 Å². The normalized spacial score (nSPS) is 8.82. The van der Waals surface area contributed by atoms with E-state index in [-0.39, 0.29) is 0 Å². The van der Waals surface area contributed by atoms with Gasteiger partial charge in [-0.15, -0.1) is 0 Å². The van der Waals surface area contributed by atoms with Crippen molar-refractivity contribution in [1.82, 2.24) is 9.55 Å². The second kappa shape index (κ2) is 5.19.